The molecule has 0 aliphatic carbocycles. The van der Waals surface area contributed by atoms with Crippen molar-refractivity contribution in [1.29, 1.82) is 0 Å². The maximum Gasteiger partial charge on any atom is 0.365 e. The van der Waals surface area contributed by atoms with Gasteiger partial charge in [-0.05, 0) is 6.92 Å². The van der Waals surface area contributed by atoms with E-state index in [0.717, 1.165) is 17.2 Å². The number of aromatic nitrogens is 2. The first kappa shape index (κ1) is 20.1. The second kappa shape index (κ2) is 8.16. The second-order valence-corrected chi connectivity index (χ2v) is 8.31. The molecule has 1 fully saturated rings. The Morgan fingerprint density at radius 1 is 1.59 bits per heavy atom. The van der Waals surface area contributed by atoms with Crippen molar-refractivity contribution in [3.8, 4) is 0 Å². The zero-order valence-corrected chi connectivity index (χ0v) is 17.0. The summed E-state index contributed by atoms with van der Waals surface area (Å²) >= 11 is 1.52. The van der Waals surface area contributed by atoms with Gasteiger partial charge < -0.3 is 23.8 Å². The van der Waals surface area contributed by atoms with Gasteiger partial charge >= 0.3 is 5.97 Å². The summed E-state index contributed by atoms with van der Waals surface area (Å²) in [5, 5.41) is 9.96. The number of aryl methyl sites for hydroxylation is 2. The Labute approximate surface area is 164 Å². The van der Waals surface area contributed by atoms with Crippen LogP contribution in [0.2, 0.25) is 0 Å². The molecule has 3 heterocycles. The third kappa shape index (κ3) is 3.58. The predicted octanol–water partition coefficient (Wildman–Crippen LogP) is 1.44. The van der Waals surface area contributed by atoms with Gasteiger partial charge in [-0.3, -0.25) is 4.79 Å². The van der Waals surface area contributed by atoms with E-state index in [1.54, 1.807) is 13.1 Å². The quantitative estimate of drug-likeness (QED) is 0.418. The van der Waals surface area contributed by atoms with Gasteiger partial charge in [0, 0.05) is 42.4 Å². The van der Waals surface area contributed by atoms with Gasteiger partial charge in [0.15, 0.2) is 0 Å². The van der Waals surface area contributed by atoms with Gasteiger partial charge in [-0.2, -0.15) is 0 Å². The van der Waals surface area contributed by atoms with E-state index in [0.29, 0.717) is 5.75 Å². The molecule has 27 heavy (non-hydrogen) atoms. The number of rotatable bonds is 7. The van der Waals surface area contributed by atoms with Crippen molar-refractivity contribution in [3.05, 3.63) is 28.8 Å². The highest BCUT2D eigenvalue weighted by molar-refractivity contribution is 8.03. The van der Waals surface area contributed by atoms with Gasteiger partial charge in [0.2, 0.25) is 14.5 Å². The zero-order chi connectivity index (χ0) is 19.7. The van der Waals surface area contributed by atoms with Crippen molar-refractivity contribution in [3.63, 3.8) is 0 Å². The summed E-state index contributed by atoms with van der Waals surface area (Å²) in [5.41, 5.74) is 0.246. The van der Waals surface area contributed by atoms with E-state index in [9.17, 15) is 14.7 Å². The minimum absolute atomic E-state index is 0.0213. The lowest BCUT2D eigenvalue weighted by molar-refractivity contribution is -0.162. The highest BCUT2D eigenvalue weighted by atomic mass is 32.2. The van der Waals surface area contributed by atoms with Crippen LogP contribution in [0.3, 0.4) is 0 Å². The number of imidazole rings is 1. The van der Waals surface area contributed by atoms with E-state index < -0.39 is 18.0 Å². The Hall–Kier alpha value is -1.64. The molecule has 1 aromatic heterocycles. The normalized spacial score (nSPS) is 25.7. The molecule has 2 aliphatic heterocycles. The molecule has 142 valence electrons. The lowest BCUT2D eigenvalue weighted by Gasteiger charge is -2.46. The fraction of sp³-hybridized carbons (Fsp3) is 0.562. The first-order valence-electron chi connectivity index (χ1n) is 8.54. The third-order valence-corrected chi connectivity index (χ3v) is 6.60. The largest absolute Gasteiger partial charge is 0.393 e. The highest BCUT2D eigenvalue weighted by Crippen LogP contribution is 2.50. The third-order valence-electron chi connectivity index (χ3n) is 4.98. The van der Waals surface area contributed by atoms with E-state index in [2.05, 4.69) is 9.64 Å². The number of aliphatic hydroxyl groups is 1. The fourth-order valence-corrected chi connectivity index (χ4v) is 5.13. The van der Waals surface area contributed by atoms with E-state index in [4.69, 9.17) is 12.5 Å². The molecule has 8 nitrogen and oxygen atoms in total. The number of hydrogen-bond donors (Lipinski definition) is 1. The number of nitrogens with zero attached hydrogens (tertiary/aromatic N) is 4. The fourth-order valence-electron chi connectivity index (χ4n) is 3.70. The van der Waals surface area contributed by atoms with Crippen LogP contribution in [-0.4, -0.2) is 57.3 Å². The predicted molar refractivity (Wildman–Crippen MR) is 103 cm³/mol. The van der Waals surface area contributed by atoms with Crippen LogP contribution in [0.15, 0.2) is 27.7 Å². The minimum atomic E-state index is -0.771. The van der Waals surface area contributed by atoms with E-state index >= 15 is 0 Å². The van der Waals surface area contributed by atoms with Gasteiger partial charge in [-0.1, -0.05) is 6.92 Å². The molecule has 2 radical (unpaired) electrons. The van der Waals surface area contributed by atoms with Crippen LogP contribution in [0.1, 0.15) is 19.7 Å². The van der Waals surface area contributed by atoms with Crippen molar-refractivity contribution in [1.82, 2.24) is 14.5 Å². The van der Waals surface area contributed by atoms with Crippen LogP contribution >= 0.6 is 20.4 Å². The average molecular weight is 406 g/mol. The van der Waals surface area contributed by atoms with Crippen molar-refractivity contribution in [2.45, 2.75) is 32.4 Å². The Balaban J connectivity index is 1.82. The Morgan fingerprint density at radius 2 is 2.33 bits per heavy atom. The van der Waals surface area contributed by atoms with Gasteiger partial charge in [0.05, 0.1) is 18.1 Å². The first-order valence-corrected chi connectivity index (χ1v) is 10.3. The van der Waals surface area contributed by atoms with Gasteiger partial charge in [0.25, 0.3) is 7.98 Å². The van der Waals surface area contributed by atoms with E-state index in [1.807, 2.05) is 24.7 Å². The SMILES string of the molecule is [B]N=POC(=O)C1=C(SCCc2nccn2C)[C@H](C)C2C(C(C)O)C(=O)N12. The van der Waals surface area contributed by atoms with Crippen LogP contribution in [-0.2, 0) is 27.6 Å². The monoisotopic (exact) mass is 406 g/mol. The number of amides is 1. The average Bonchev–Trinajstić information content (AvgIpc) is 3.12. The molecule has 4 atom stereocenters. The van der Waals surface area contributed by atoms with Crippen LogP contribution in [0, 0.1) is 11.8 Å². The number of β-lactam (4-membered cyclic amide) rings is 1. The molecule has 0 bridgehead atoms. The molecule has 1 N–H and O–H groups in total. The van der Waals surface area contributed by atoms with Gasteiger partial charge in [-0.15, -0.1) is 11.8 Å². The molecule has 11 heteroatoms. The first-order chi connectivity index (χ1) is 12.9. The summed E-state index contributed by atoms with van der Waals surface area (Å²) in [5.74, 6) is 0.190. The number of hydrogen-bond acceptors (Lipinski definition) is 7. The van der Waals surface area contributed by atoms with Crippen molar-refractivity contribution in [2.75, 3.05) is 5.75 Å². The lowest BCUT2D eigenvalue weighted by Crippen LogP contribution is -2.63. The minimum Gasteiger partial charge on any atom is -0.393 e. The molecule has 3 rings (SSSR count). The van der Waals surface area contributed by atoms with Crippen LogP contribution < -0.4 is 0 Å². The second-order valence-electron chi connectivity index (χ2n) is 6.60. The summed E-state index contributed by atoms with van der Waals surface area (Å²) in [6, 6.07) is -0.234. The molecule has 0 saturated carbocycles. The highest BCUT2D eigenvalue weighted by Gasteiger charge is 2.60. The van der Waals surface area contributed by atoms with E-state index in [-0.39, 0.29) is 32.2 Å². The Kier molecular flexibility index (Phi) is 6.08. The Bertz CT molecular complexity index is 812. The van der Waals surface area contributed by atoms with Crippen molar-refractivity contribution in [2.24, 2.45) is 23.5 Å². The zero-order valence-electron chi connectivity index (χ0n) is 15.3. The molecule has 1 saturated heterocycles. The lowest BCUT2D eigenvalue weighted by atomic mass is 9.79. The van der Waals surface area contributed by atoms with Crippen LogP contribution in [0.4, 0.5) is 0 Å². The van der Waals surface area contributed by atoms with Crippen molar-refractivity contribution < 1.29 is 19.2 Å². The number of fused-ring (bicyclic) bond motifs is 1. The van der Waals surface area contributed by atoms with Crippen LogP contribution in [0.5, 0.6) is 0 Å². The summed E-state index contributed by atoms with van der Waals surface area (Å²) in [7, 11) is 6.95. The van der Waals surface area contributed by atoms with Gasteiger partial charge in [0.1, 0.15) is 11.5 Å². The smallest absolute Gasteiger partial charge is 0.365 e. The standard InChI is InChI=1S/C16H20BN4O4PS/c1-8-12-11(9(2)22)15(23)21(12)13(16(24)25-26-19-17)14(8)27-7-4-10-18-5-6-20(10)3/h5-6,8-9,11-12,22H,4,7H2,1-3H3/t8-,9?,11?,12?/m1/s1. The molecule has 1 aromatic rings. The Morgan fingerprint density at radius 3 is 2.93 bits per heavy atom. The van der Waals surface area contributed by atoms with Gasteiger partial charge in [-0.25, -0.2) is 9.78 Å². The molecule has 3 unspecified atom stereocenters. The molecule has 0 spiro atoms. The van der Waals surface area contributed by atoms with Crippen molar-refractivity contribution >= 4 is 40.2 Å². The maximum absolute atomic E-state index is 12.5. The maximum atomic E-state index is 12.5. The van der Waals surface area contributed by atoms with Crippen LogP contribution in [0.25, 0.3) is 0 Å². The summed E-state index contributed by atoms with van der Waals surface area (Å²) in [4.78, 5) is 31.6. The number of carbonyl (C=O) groups is 2. The summed E-state index contributed by atoms with van der Waals surface area (Å²) in [6.45, 7) is 3.57. The summed E-state index contributed by atoms with van der Waals surface area (Å²) < 4.78 is 10.2. The van der Waals surface area contributed by atoms with E-state index in [1.165, 1.54) is 16.7 Å². The molecule has 1 amide bonds. The number of aliphatic hydroxyl groups excluding tert-OH is 1. The molecular weight excluding hydrogens is 386 g/mol. The topological polar surface area (TPSA) is 97.0 Å². The molecular formula is C16H20BN4O4PS. The number of carbonyl (C=O) groups excluding carboxylic acids is 2. The molecule has 2 aliphatic rings. The summed E-state index contributed by atoms with van der Waals surface area (Å²) in [6.07, 6.45) is 3.58. The number of thioether (sulfide) groups is 1. The molecule has 0 aromatic carbocycles.